The molecule has 1 aliphatic rings. The van der Waals surface area contributed by atoms with Crippen molar-refractivity contribution in [2.24, 2.45) is 0 Å². The lowest BCUT2D eigenvalue weighted by molar-refractivity contribution is 0.0678. The number of methoxy groups -OCH3 is 1. The Morgan fingerprint density at radius 1 is 1.16 bits per heavy atom. The number of hydrogen-bond donors (Lipinski definition) is 1. The number of nitrogens with one attached hydrogen (secondary N) is 1. The first-order valence-electron chi connectivity index (χ1n) is 8.72. The van der Waals surface area contributed by atoms with Gasteiger partial charge in [-0.1, -0.05) is 12.1 Å². The molecule has 1 saturated heterocycles. The lowest BCUT2D eigenvalue weighted by Gasteiger charge is -2.25. The summed E-state index contributed by atoms with van der Waals surface area (Å²) in [6.45, 7) is 3.45. The van der Waals surface area contributed by atoms with Crippen LogP contribution < -0.4 is 10.1 Å². The second kappa shape index (κ2) is 8.78. The van der Waals surface area contributed by atoms with Crippen molar-refractivity contribution in [2.45, 2.75) is 32.0 Å². The molecule has 1 aromatic carbocycles. The lowest BCUT2D eigenvalue weighted by atomic mass is 10.1. The maximum atomic E-state index is 5.83. The molecule has 1 aliphatic heterocycles. The van der Waals surface area contributed by atoms with Gasteiger partial charge in [-0.15, -0.1) is 0 Å². The maximum Gasteiger partial charge on any atom is 0.222 e. The van der Waals surface area contributed by atoms with Gasteiger partial charge in [-0.25, -0.2) is 9.97 Å². The molecule has 0 unspecified atom stereocenters. The summed E-state index contributed by atoms with van der Waals surface area (Å²) >= 11 is 0. The number of benzene rings is 1. The van der Waals surface area contributed by atoms with E-state index in [2.05, 4.69) is 32.3 Å². The molecule has 0 saturated carbocycles. The number of anilines is 1. The van der Waals surface area contributed by atoms with E-state index in [9.17, 15) is 0 Å². The van der Waals surface area contributed by atoms with E-state index in [0.717, 1.165) is 50.4 Å². The predicted octanol–water partition coefficient (Wildman–Crippen LogP) is 2.71. The smallest absolute Gasteiger partial charge is 0.222 e. The highest BCUT2D eigenvalue weighted by atomic mass is 16.5. The number of aromatic nitrogens is 2. The van der Waals surface area contributed by atoms with Crippen LogP contribution in [0.4, 0.5) is 5.95 Å². The van der Waals surface area contributed by atoms with Crippen LogP contribution in [0.3, 0.4) is 0 Å². The molecule has 134 valence electrons. The highest BCUT2D eigenvalue weighted by Gasteiger charge is 2.20. The second-order valence-electron chi connectivity index (χ2n) is 6.32. The van der Waals surface area contributed by atoms with E-state index >= 15 is 0 Å². The zero-order valence-corrected chi connectivity index (χ0v) is 14.9. The Morgan fingerprint density at radius 2 is 1.88 bits per heavy atom. The highest BCUT2D eigenvalue weighted by Crippen LogP contribution is 2.18. The summed E-state index contributed by atoms with van der Waals surface area (Å²) in [4.78, 5) is 11.0. The lowest BCUT2D eigenvalue weighted by Crippen LogP contribution is -2.31. The Kier molecular flexibility index (Phi) is 6.19. The van der Waals surface area contributed by atoms with Gasteiger partial charge in [-0.2, -0.15) is 0 Å². The summed E-state index contributed by atoms with van der Waals surface area (Å²) < 4.78 is 11.1. The largest absolute Gasteiger partial charge is 0.497 e. The van der Waals surface area contributed by atoms with E-state index in [1.165, 1.54) is 5.56 Å². The fourth-order valence-electron chi connectivity index (χ4n) is 3.07. The average molecular weight is 342 g/mol. The van der Waals surface area contributed by atoms with Crippen molar-refractivity contribution in [1.29, 1.82) is 0 Å². The molecular weight excluding hydrogens is 316 g/mol. The summed E-state index contributed by atoms with van der Waals surface area (Å²) in [5.41, 5.74) is 2.36. The van der Waals surface area contributed by atoms with Crippen LogP contribution in [0, 0.1) is 0 Å². The van der Waals surface area contributed by atoms with Gasteiger partial charge in [-0.3, -0.25) is 4.90 Å². The van der Waals surface area contributed by atoms with Gasteiger partial charge in [-0.05, 0) is 30.5 Å². The van der Waals surface area contributed by atoms with Crippen LogP contribution in [-0.4, -0.2) is 48.3 Å². The average Bonchev–Trinajstić information content (AvgIpc) is 3.16. The highest BCUT2D eigenvalue weighted by molar-refractivity contribution is 5.27. The van der Waals surface area contributed by atoms with Crippen molar-refractivity contribution in [3.8, 4) is 5.75 Å². The Labute approximate surface area is 149 Å². The van der Waals surface area contributed by atoms with Crippen molar-refractivity contribution in [1.82, 2.24) is 14.9 Å². The summed E-state index contributed by atoms with van der Waals surface area (Å²) in [5, 5.41) is 2.95. The fraction of sp³-hybridized carbons (Fsp3) is 0.474. The molecule has 2 heterocycles. The Balaban J connectivity index is 1.68. The third-order valence-corrected chi connectivity index (χ3v) is 4.39. The second-order valence-corrected chi connectivity index (χ2v) is 6.32. The zero-order chi connectivity index (χ0) is 17.5. The van der Waals surface area contributed by atoms with Crippen LogP contribution in [-0.2, 0) is 17.8 Å². The predicted molar refractivity (Wildman–Crippen MR) is 97.7 cm³/mol. The van der Waals surface area contributed by atoms with E-state index in [4.69, 9.17) is 9.47 Å². The van der Waals surface area contributed by atoms with Crippen LogP contribution in [0.5, 0.6) is 5.75 Å². The molecule has 0 aliphatic carbocycles. The molecule has 6 heteroatoms. The fourth-order valence-corrected chi connectivity index (χ4v) is 3.07. The molecule has 3 rings (SSSR count). The first-order chi connectivity index (χ1) is 12.3. The first kappa shape index (κ1) is 17.6. The first-order valence-corrected chi connectivity index (χ1v) is 8.72. The number of rotatable bonds is 8. The minimum Gasteiger partial charge on any atom is -0.497 e. The Hall–Kier alpha value is -2.18. The van der Waals surface area contributed by atoms with E-state index in [0.29, 0.717) is 12.1 Å². The van der Waals surface area contributed by atoms with Crippen LogP contribution >= 0.6 is 0 Å². The standard InChI is InChI=1S/C19H26N4O2/c1-20-19-21-10-16(11-22-19)13-23(14-18-4-3-9-25-18)12-15-5-7-17(24-2)8-6-15/h5-8,10-11,18H,3-4,9,12-14H2,1-2H3,(H,20,21,22)/t18-/m0/s1. The summed E-state index contributed by atoms with van der Waals surface area (Å²) in [6.07, 6.45) is 6.37. The van der Waals surface area contributed by atoms with Crippen molar-refractivity contribution < 1.29 is 9.47 Å². The normalized spacial score (nSPS) is 17.0. The van der Waals surface area contributed by atoms with Crippen LogP contribution in [0.25, 0.3) is 0 Å². The van der Waals surface area contributed by atoms with Crippen molar-refractivity contribution in [2.75, 3.05) is 32.6 Å². The molecule has 6 nitrogen and oxygen atoms in total. The molecule has 2 aromatic rings. The summed E-state index contributed by atoms with van der Waals surface area (Å²) in [5.74, 6) is 1.52. The van der Waals surface area contributed by atoms with Gasteiger partial charge in [0.25, 0.3) is 0 Å². The minimum atomic E-state index is 0.316. The van der Waals surface area contributed by atoms with E-state index < -0.39 is 0 Å². The van der Waals surface area contributed by atoms with E-state index in [1.807, 2.05) is 31.6 Å². The van der Waals surface area contributed by atoms with Crippen molar-refractivity contribution in [3.63, 3.8) is 0 Å². The third kappa shape index (κ3) is 5.14. The number of nitrogens with zero attached hydrogens (tertiary/aromatic N) is 3. The monoisotopic (exact) mass is 342 g/mol. The molecule has 0 amide bonds. The molecule has 0 spiro atoms. The molecule has 1 atom stereocenters. The van der Waals surface area contributed by atoms with Gasteiger partial charge in [0, 0.05) is 51.2 Å². The van der Waals surface area contributed by atoms with Gasteiger partial charge in [0.1, 0.15) is 5.75 Å². The Bertz CT molecular complexity index is 590. The van der Waals surface area contributed by atoms with Gasteiger partial charge in [0.2, 0.25) is 5.95 Å². The number of ether oxygens (including phenoxy) is 2. The van der Waals surface area contributed by atoms with Gasteiger partial charge >= 0.3 is 0 Å². The maximum absolute atomic E-state index is 5.83. The van der Waals surface area contributed by atoms with E-state index in [-0.39, 0.29) is 0 Å². The molecule has 0 bridgehead atoms. The topological polar surface area (TPSA) is 59.5 Å². The van der Waals surface area contributed by atoms with Gasteiger partial charge in [0.15, 0.2) is 0 Å². The van der Waals surface area contributed by atoms with Crippen molar-refractivity contribution >= 4 is 5.95 Å². The molecule has 1 aromatic heterocycles. The van der Waals surface area contributed by atoms with Crippen LogP contribution in [0.15, 0.2) is 36.7 Å². The van der Waals surface area contributed by atoms with Gasteiger partial charge in [0.05, 0.1) is 13.2 Å². The molecule has 1 N–H and O–H groups in total. The molecule has 1 fully saturated rings. The van der Waals surface area contributed by atoms with Crippen molar-refractivity contribution in [3.05, 3.63) is 47.8 Å². The van der Waals surface area contributed by atoms with Gasteiger partial charge < -0.3 is 14.8 Å². The summed E-state index contributed by atoms with van der Waals surface area (Å²) in [7, 11) is 3.51. The molecule has 0 radical (unpaired) electrons. The molecular formula is C19H26N4O2. The quantitative estimate of drug-likeness (QED) is 0.796. The van der Waals surface area contributed by atoms with Crippen LogP contribution in [0.2, 0.25) is 0 Å². The van der Waals surface area contributed by atoms with E-state index in [1.54, 1.807) is 7.11 Å². The Morgan fingerprint density at radius 3 is 2.48 bits per heavy atom. The van der Waals surface area contributed by atoms with Crippen LogP contribution in [0.1, 0.15) is 24.0 Å². The minimum absolute atomic E-state index is 0.316. The number of hydrogen-bond acceptors (Lipinski definition) is 6. The zero-order valence-electron chi connectivity index (χ0n) is 14.9. The molecule has 25 heavy (non-hydrogen) atoms. The SMILES string of the molecule is CNc1ncc(CN(Cc2ccc(OC)cc2)C[C@@H]2CCCO2)cn1. The third-order valence-electron chi connectivity index (χ3n) is 4.39. The summed E-state index contributed by atoms with van der Waals surface area (Å²) in [6, 6.07) is 8.23.